The lowest BCUT2D eigenvalue weighted by molar-refractivity contribution is -0.384. The third-order valence-electron chi connectivity index (χ3n) is 3.02. The second-order valence-corrected chi connectivity index (χ2v) is 7.88. The van der Waals surface area contributed by atoms with Crippen LogP contribution in [0.25, 0.3) is 10.2 Å². The van der Waals surface area contributed by atoms with E-state index >= 15 is 0 Å². The van der Waals surface area contributed by atoms with Crippen molar-refractivity contribution < 1.29 is 9.66 Å². The van der Waals surface area contributed by atoms with E-state index in [0.717, 1.165) is 14.6 Å². The summed E-state index contributed by atoms with van der Waals surface area (Å²) in [6, 6.07) is 9.75. The lowest BCUT2D eigenvalue weighted by Gasteiger charge is -2.07. The van der Waals surface area contributed by atoms with Gasteiger partial charge in [-0.1, -0.05) is 35.0 Å². The normalized spacial score (nSPS) is 10.9. The lowest BCUT2D eigenvalue weighted by Crippen LogP contribution is -2.00. The fourth-order valence-electron chi connectivity index (χ4n) is 1.94. The quantitative estimate of drug-likeness (QED) is 0.230. The SMILES string of the molecule is O=[N+]([O-])c1ccc2nc(SCCOc3ccc(Cl)cc3Cl)sc2c1. The third kappa shape index (κ3) is 4.10. The maximum absolute atomic E-state index is 10.8. The molecule has 0 aliphatic heterocycles. The average Bonchev–Trinajstić information content (AvgIpc) is 2.94. The summed E-state index contributed by atoms with van der Waals surface area (Å²) in [5.41, 5.74) is 0.832. The maximum atomic E-state index is 10.8. The van der Waals surface area contributed by atoms with E-state index in [2.05, 4.69) is 4.98 Å². The van der Waals surface area contributed by atoms with Gasteiger partial charge in [0.2, 0.25) is 0 Å². The standard InChI is InChI=1S/C15H10Cl2N2O3S2/c16-9-1-4-13(11(17)7-9)22-5-6-23-15-18-12-3-2-10(19(20)21)8-14(12)24-15/h1-4,7-8H,5-6H2. The van der Waals surface area contributed by atoms with Crippen molar-refractivity contribution in [3.63, 3.8) is 0 Å². The molecule has 0 saturated heterocycles. The van der Waals surface area contributed by atoms with Gasteiger partial charge in [-0.25, -0.2) is 4.98 Å². The Labute approximate surface area is 155 Å². The monoisotopic (exact) mass is 400 g/mol. The largest absolute Gasteiger partial charge is 0.491 e. The van der Waals surface area contributed by atoms with Crippen LogP contribution < -0.4 is 4.74 Å². The molecule has 0 unspecified atom stereocenters. The number of benzene rings is 2. The minimum Gasteiger partial charge on any atom is -0.491 e. The Hall–Kier alpha value is -1.54. The molecule has 124 valence electrons. The molecule has 2 aromatic carbocycles. The van der Waals surface area contributed by atoms with E-state index in [0.29, 0.717) is 28.2 Å². The number of nitro groups is 1. The summed E-state index contributed by atoms with van der Waals surface area (Å²) in [5.74, 6) is 1.27. The number of aromatic nitrogens is 1. The molecule has 1 aromatic heterocycles. The summed E-state index contributed by atoms with van der Waals surface area (Å²) in [7, 11) is 0. The van der Waals surface area contributed by atoms with Gasteiger partial charge in [0.15, 0.2) is 4.34 Å². The number of thiazole rings is 1. The minimum absolute atomic E-state index is 0.0726. The zero-order chi connectivity index (χ0) is 17.1. The summed E-state index contributed by atoms with van der Waals surface area (Å²) in [5, 5.41) is 11.8. The van der Waals surface area contributed by atoms with Crippen molar-refractivity contribution >= 4 is 62.2 Å². The van der Waals surface area contributed by atoms with Crippen molar-refractivity contribution in [2.45, 2.75) is 4.34 Å². The molecule has 24 heavy (non-hydrogen) atoms. The molecular formula is C15H10Cl2N2O3S2. The van der Waals surface area contributed by atoms with Gasteiger partial charge in [0.25, 0.3) is 5.69 Å². The molecule has 0 aliphatic rings. The Morgan fingerprint density at radius 3 is 2.83 bits per heavy atom. The first-order valence-corrected chi connectivity index (χ1v) is 9.34. The fourth-order valence-corrected chi connectivity index (χ4v) is 4.39. The number of halogens is 2. The molecule has 3 rings (SSSR count). The van der Waals surface area contributed by atoms with E-state index in [1.807, 2.05) is 0 Å². The third-order valence-corrected chi connectivity index (χ3v) is 5.68. The van der Waals surface area contributed by atoms with Crippen LogP contribution in [0.2, 0.25) is 10.0 Å². The smallest absolute Gasteiger partial charge is 0.270 e. The minimum atomic E-state index is -0.407. The highest BCUT2D eigenvalue weighted by Crippen LogP contribution is 2.32. The van der Waals surface area contributed by atoms with Crippen LogP contribution in [0.4, 0.5) is 5.69 Å². The van der Waals surface area contributed by atoms with Gasteiger partial charge in [0.1, 0.15) is 5.75 Å². The van der Waals surface area contributed by atoms with Crippen LogP contribution in [-0.4, -0.2) is 22.3 Å². The first-order valence-electron chi connectivity index (χ1n) is 6.78. The topological polar surface area (TPSA) is 65.3 Å². The highest BCUT2D eigenvalue weighted by molar-refractivity contribution is 8.01. The van der Waals surface area contributed by atoms with Crippen LogP contribution >= 0.6 is 46.3 Å². The molecule has 1 heterocycles. The highest BCUT2D eigenvalue weighted by Gasteiger charge is 2.10. The lowest BCUT2D eigenvalue weighted by atomic mass is 10.3. The fraction of sp³-hybridized carbons (Fsp3) is 0.133. The molecule has 0 N–H and O–H groups in total. The van der Waals surface area contributed by atoms with E-state index in [9.17, 15) is 10.1 Å². The predicted molar refractivity (Wildman–Crippen MR) is 99.0 cm³/mol. The molecule has 0 saturated carbocycles. The summed E-state index contributed by atoms with van der Waals surface area (Å²) in [6.45, 7) is 0.460. The summed E-state index contributed by atoms with van der Waals surface area (Å²) >= 11 is 14.8. The number of hydrogen-bond donors (Lipinski definition) is 0. The van der Waals surface area contributed by atoms with Crippen LogP contribution in [0.15, 0.2) is 40.7 Å². The maximum Gasteiger partial charge on any atom is 0.270 e. The van der Waals surface area contributed by atoms with E-state index in [1.54, 1.807) is 30.3 Å². The number of ether oxygens (including phenoxy) is 1. The number of non-ortho nitro benzene ring substituents is 1. The molecule has 0 radical (unpaired) electrons. The Balaban J connectivity index is 1.58. The van der Waals surface area contributed by atoms with Crippen molar-refractivity contribution in [1.29, 1.82) is 0 Å². The molecule has 9 heteroatoms. The molecule has 0 bridgehead atoms. The molecule has 0 fully saturated rings. The van der Waals surface area contributed by atoms with E-state index in [4.69, 9.17) is 27.9 Å². The van der Waals surface area contributed by atoms with Gasteiger partial charge in [0.05, 0.1) is 26.8 Å². The molecule has 3 aromatic rings. The first-order chi connectivity index (χ1) is 11.5. The van der Waals surface area contributed by atoms with E-state index < -0.39 is 4.92 Å². The molecule has 5 nitrogen and oxygen atoms in total. The van der Waals surface area contributed by atoms with Crippen LogP contribution in [0.1, 0.15) is 0 Å². The van der Waals surface area contributed by atoms with Crippen molar-refractivity contribution in [3.05, 3.63) is 56.6 Å². The zero-order valence-corrected chi connectivity index (χ0v) is 15.2. The van der Waals surface area contributed by atoms with Crippen molar-refractivity contribution in [3.8, 4) is 5.75 Å². The number of nitrogens with zero attached hydrogens (tertiary/aromatic N) is 2. The van der Waals surface area contributed by atoms with Gasteiger partial charge in [-0.2, -0.15) is 0 Å². The Morgan fingerprint density at radius 2 is 2.08 bits per heavy atom. The van der Waals surface area contributed by atoms with Gasteiger partial charge in [-0.05, 0) is 24.3 Å². The van der Waals surface area contributed by atoms with Gasteiger partial charge in [0, 0.05) is 22.9 Å². The number of thioether (sulfide) groups is 1. The number of fused-ring (bicyclic) bond motifs is 1. The number of hydrogen-bond acceptors (Lipinski definition) is 6. The molecule has 0 spiro atoms. The molecular weight excluding hydrogens is 391 g/mol. The molecule has 0 amide bonds. The second-order valence-electron chi connectivity index (χ2n) is 4.66. The highest BCUT2D eigenvalue weighted by atomic mass is 35.5. The van der Waals surface area contributed by atoms with Crippen molar-refractivity contribution in [1.82, 2.24) is 4.98 Å². The van der Waals surface area contributed by atoms with Crippen molar-refractivity contribution in [2.75, 3.05) is 12.4 Å². The Kier molecular flexibility index (Phi) is 5.45. The van der Waals surface area contributed by atoms with Crippen LogP contribution in [0.5, 0.6) is 5.75 Å². The molecule has 0 atom stereocenters. The van der Waals surface area contributed by atoms with Crippen LogP contribution in [0, 0.1) is 10.1 Å². The first kappa shape index (κ1) is 17.3. The number of nitro benzene ring substituents is 1. The van der Waals surface area contributed by atoms with Gasteiger partial charge in [-0.15, -0.1) is 11.3 Å². The molecule has 0 aliphatic carbocycles. The van der Waals surface area contributed by atoms with Gasteiger partial charge in [-0.3, -0.25) is 10.1 Å². The average molecular weight is 401 g/mol. The van der Waals surface area contributed by atoms with Gasteiger partial charge < -0.3 is 4.74 Å². The van der Waals surface area contributed by atoms with E-state index in [1.165, 1.54) is 29.2 Å². The van der Waals surface area contributed by atoms with E-state index in [-0.39, 0.29) is 5.69 Å². The summed E-state index contributed by atoms with van der Waals surface area (Å²) < 4.78 is 7.26. The second kappa shape index (κ2) is 7.57. The Bertz CT molecular complexity index is 902. The summed E-state index contributed by atoms with van der Waals surface area (Å²) in [6.07, 6.45) is 0. The zero-order valence-electron chi connectivity index (χ0n) is 12.1. The van der Waals surface area contributed by atoms with Crippen molar-refractivity contribution in [2.24, 2.45) is 0 Å². The Morgan fingerprint density at radius 1 is 1.25 bits per heavy atom. The predicted octanol–water partition coefficient (Wildman–Crippen LogP) is 5.68. The van der Waals surface area contributed by atoms with Crippen LogP contribution in [-0.2, 0) is 0 Å². The summed E-state index contributed by atoms with van der Waals surface area (Å²) in [4.78, 5) is 14.8. The van der Waals surface area contributed by atoms with Crippen LogP contribution in [0.3, 0.4) is 0 Å². The number of rotatable bonds is 6. The van der Waals surface area contributed by atoms with Gasteiger partial charge >= 0.3 is 0 Å².